The molecule has 0 aromatic carbocycles. The van der Waals surface area contributed by atoms with Gasteiger partial charge in [0.05, 0.1) is 6.10 Å². The second-order valence-electron chi connectivity index (χ2n) is 3.31. The van der Waals surface area contributed by atoms with Gasteiger partial charge in [-0.3, -0.25) is 10.1 Å². The van der Waals surface area contributed by atoms with Gasteiger partial charge in [-0.1, -0.05) is 0 Å². The molecule has 5 nitrogen and oxygen atoms in total. The lowest BCUT2D eigenvalue weighted by atomic mass is 10.1. The number of aliphatic hydroxyl groups is 1. The van der Waals surface area contributed by atoms with Crippen LogP contribution in [0.4, 0.5) is 0 Å². The van der Waals surface area contributed by atoms with Crippen LogP contribution in [0, 0.1) is 10.1 Å². The Kier molecular flexibility index (Phi) is 1.85. The van der Waals surface area contributed by atoms with E-state index in [9.17, 15) is 10.1 Å². The van der Waals surface area contributed by atoms with Gasteiger partial charge in [-0.05, 0) is 0 Å². The van der Waals surface area contributed by atoms with E-state index < -0.39 is 5.66 Å². The second kappa shape index (κ2) is 2.42. The van der Waals surface area contributed by atoms with E-state index in [1.54, 1.807) is 18.7 Å². The maximum Gasteiger partial charge on any atom is 0.272 e. The lowest BCUT2D eigenvalue weighted by molar-refractivity contribution is -0.597. The molecule has 11 heavy (non-hydrogen) atoms. The molecule has 1 heterocycles. The molecule has 0 amide bonds. The highest BCUT2D eigenvalue weighted by atomic mass is 16.6. The summed E-state index contributed by atoms with van der Waals surface area (Å²) in [6.45, 7) is 3.90. The van der Waals surface area contributed by atoms with Crippen molar-refractivity contribution in [3.8, 4) is 0 Å². The molecule has 1 N–H and O–H groups in total. The Hall–Kier alpha value is -0.680. The Morgan fingerprint density at radius 2 is 2.09 bits per heavy atom. The normalized spacial score (nSPS) is 21.4. The monoisotopic (exact) mass is 160 g/mol. The predicted molar refractivity (Wildman–Crippen MR) is 38.7 cm³/mol. The summed E-state index contributed by atoms with van der Waals surface area (Å²) < 4.78 is 0. The highest BCUT2D eigenvalue weighted by Crippen LogP contribution is 2.21. The molecule has 0 aliphatic carbocycles. The van der Waals surface area contributed by atoms with Gasteiger partial charge in [-0.25, -0.2) is 4.90 Å². The molecule has 0 bridgehead atoms. The molecular formula is C6H12N2O3. The van der Waals surface area contributed by atoms with E-state index in [0.717, 1.165) is 0 Å². The van der Waals surface area contributed by atoms with Crippen molar-refractivity contribution < 1.29 is 10.0 Å². The van der Waals surface area contributed by atoms with Crippen molar-refractivity contribution in [2.45, 2.75) is 25.6 Å². The van der Waals surface area contributed by atoms with E-state index in [4.69, 9.17) is 5.11 Å². The molecule has 0 atom stereocenters. The van der Waals surface area contributed by atoms with Crippen LogP contribution >= 0.6 is 0 Å². The van der Waals surface area contributed by atoms with Gasteiger partial charge in [0, 0.05) is 31.9 Å². The summed E-state index contributed by atoms with van der Waals surface area (Å²) >= 11 is 0. The Bertz CT molecular complexity index is 175. The summed E-state index contributed by atoms with van der Waals surface area (Å²) in [5.41, 5.74) is -1.03. The minimum atomic E-state index is -1.03. The molecule has 0 saturated carbocycles. The average molecular weight is 160 g/mol. The van der Waals surface area contributed by atoms with Crippen LogP contribution in [0.2, 0.25) is 0 Å². The number of likely N-dealkylation sites (tertiary alicyclic amines) is 1. The third-order valence-electron chi connectivity index (χ3n) is 2.08. The molecule has 1 saturated heterocycles. The standard InChI is InChI=1S/C6H12N2O3/c1-6(2,8(10)11)7-3-5(9)4-7/h5,9H,3-4H2,1-2H3. The number of hydrogen-bond donors (Lipinski definition) is 1. The predicted octanol–water partition coefficient (Wildman–Crippen LogP) is -0.324. The van der Waals surface area contributed by atoms with Crippen LogP contribution in [0.25, 0.3) is 0 Å². The Morgan fingerprint density at radius 1 is 1.64 bits per heavy atom. The summed E-state index contributed by atoms with van der Waals surface area (Å²) in [5.74, 6) is 0. The summed E-state index contributed by atoms with van der Waals surface area (Å²) in [4.78, 5) is 11.7. The van der Waals surface area contributed by atoms with Gasteiger partial charge in [-0.15, -0.1) is 0 Å². The molecule has 1 aliphatic rings. The van der Waals surface area contributed by atoms with E-state index in [1.807, 2.05) is 0 Å². The molecule has 1 aliphatic heterocycles. The van der Waals surface area contributed by atoms with Crippen LogP contribution in [0.3, 0.4) is 0 Å². The molecule has 5 heteroatoms. The van der Waals surface area contributed by atoms with E-state index in [0.29, 0.717) is 13.1 Å². The number of aliphatic hydroxyl groups excluding tert-OH is 1. The molecular weight excluding hydrogens is 148 g/mol. The summed E-state index contributed by atoms with van der Waals surface area (Å²) in [6, 6.07) is 0. The molecule has 64 valence electrons. The topological polar surface area (TPSA) is 66.6 Å². The van der Waals surface area contributed by atoms with Crippen LogP contribution in [0.1, 0.15) is 13.8 Å². The smallest absolute Gasteiger partial charge is 0.272 e. The van der Waals surface area contributed by atoms with E-state index in [2.05, 4.69) is 0 Å². The van der Waals surface area contributed by atoms with E-state index >= 15 is 0 Å². The minimum Gasteiger partial charge on any atom is -0.390 e. The zero-order valence-corrected chi connectivity index (χ0v) is 6.65. The highest BCUT2D eigenvalue weighted by molar-refractivity contribution is 4.85. The number of hydrogen-bond acceptors (Lipinski definition) is 4. The van der Waals surface area contributed by atoms with Crippen LogP contribution in [0.15, 0.2) is 0 Å². The van der Waals surface area contributed by atoms with Crippen LogP contribution in [-0.2, 0) is 0 Å². The van der Waals surface area contributed by atoms with Gasteiger partial charge in [-0.2, -0.15) is 0 Å². The van der Waals surface area contributed by atoms with Crippen molar-refractivity contribution in [1.29, 1.82) is 0 Å². The number of rotatable bonds is 2. The van der Waals surface area contributed by atoms with E-state index in [-0.39, 0.29) is 11.0 Å². The van der Waals surface area contributed by atoms with Gasteiger partial charge in [0.2, 0.25) is 0 Å². The fraction of sp³-hybridized carbons (Fsp3) is 1.00. The number of nitro groups is 1. The van der Waals surface area contributed by atoms with Crippen molar-refractivity contribution >= 4 is 0 Å². The zero-order valence-electron chi connectivity index (χ0n) is 6.65. The number of β-amino-alcohol motifs (C(OH)–C–C–N with tert-alkyl or cyclic N) is 1. The summed E-state index contributed by atoms with van der Waals surface area (Å²) in [7, 11) is 0. The fourth-order valence-electron chi connectivity index (χ4n) is 1.02. The maximum atomic E-state index is 10.4. The maximum absolute atomic E-state index is 10.4. The summed E-state index contributed by atoms with van der Waals surface area (Å²) in [6.07, 6.45) is -0.380. The third kappa shape index (κ3) is 1.34. The fourth-order valence-corrected chi connectivity index (χ4v) is 1.02. The highest BCUT2D eigenvalue weighted by Gasteiger charge is 2.44. The van der Waals surface area contributed by atoms with Gasteiger partial charge >= 0.3 is 0 Å². The lowest BCUT2D eigenvalue weighted by Gasteiger charge is -2.41. The Morgan fingerprint density at radius 3 is 2.36 bits per heavy atom. The number of nitrogens with zero attached hydrogens (tertiary/aromatic N) is 2. The zero-order chi connectivity index (χ0) is 8.65. The molecule has 0 radical (unpaired) electrons. The summed E-state index contributed by atoms with van der Waals surface area (Å²) in [5, 5.41) is 19.3. The van der Waals surface area contributed by atoms with Crippen molar-refractivity contribution in [3.05, 3.63) is 10.1 Å². The van der Waals surface area contributed by atoms with Crippen molar-refractivity contribution in [3.63, 3.8) is 0 Å². The average Bonchev–Trinajstić information content (AvgIpc) is 1.80. The van der Waals surface area contributed by atoms with Gasteiger partial charge < -0.3 is 5.11 Å². The van der Waals surface area contributed by atoms with Crippen molar-refractivity contribution in [2.75, 3.05) is 13.1 Å². The van der Waals surface area contributed by atoms with Gasteiger partial charge in [0.15, 0.2) is 0 Å². The van der Waals surface area contributed by atoms with Crippen LogP contribution in [-0.4, -0.2) is 39.8 Å². The first-order chi connectivity index (χ1) is 4.94. The first kappa shape index (κ1) is 8.42. The Labute approximate surface area is 64.8 Å². The van der Waals surface area contributed by atoms with Crippen molar-refractivity contribution in [1.82, 2.24) is 4.90 Å². The van der Waals surface area contributed by atoms with Gasteiger partial charge in [0.1, 0.15) is 0 Å². The van der Waals surface area contributed by atoms with E-state index in [1.165, 1.54) is 0 Å². The molecule has 1 fully saturated rings. The molecule has 0 aromatic heterocycles. The lowest BCUT2D eigenvalue weighted by Crippen LogP contribution is -2.62. The van der Waals surface area contributed by atoms with Gasteiger partial charge in [0.25, 0.3) is 5.66 Å². The largest absolute Gasteiger partial charge is 0.390 e. The first-order valence-corrected chi connectivity index (χ1v) is 3.52. The van der Waals surface area contributed by atoms with Crippen molar-refractivity contribution in [2.24, 2.45) is 0 Å². The quantitative estimate of drug-likeness (QED) is 0.444. The molecule has 1 rings (SSSR count). The minimum absolute atomic E-state index is 0.334. The third-order valence-corrected chi connectivity index (χ3v) is 2.08. The Balaban J connectivity index is 2.53. The SMILES string of the molecule is CC(C)(N1CC(O)C1)[N+](=O)[O-]. The second-order valence-corrected chi connectivity index (χ2v) is 3.31. The molecule has 0 unspecified atom stereocenters. The van der Waals surface area contributed by atoms with Crippen LogP contribution < -0.4 is 0 Å². The first-order valence-electron chi connectivity index (χ1n) is 3.52. The molecule has 0 spiro atoms. The molecule has 0 aromatic rings. The van der Waals surface area contributed by atoms with Crippen LogP contribution in [0.5, 0.6) is 0 Å².